The van der Waals surface area contributed by atoms with E-state index in [0.717, 1.165) is 0 Å². The van der Waals surface area contributed by atoms with Gasteiger partial charge in [0, 0.05) is 0 Å². The monoisotopic (exact) mass is 300 g/mol. The van der Waals surface area contributed by atoms with Crippen LogP contribution in [0.5, 0.6) is 0 Å². The van der Waals surface area contributed by atoms with Crippen molar-refractivity contribution >= 4 is 38.0 Å². The molecule has 0 nitrogen and oxygen atoms in total. The van der Waals surface area contributed by atoms with Crippen LogP contribution in [0.15, 0.2) is 0 Å². The molecular weight excluding hydrogens is 279 g/mol. The molecule has 0 N–H and O–H groups in total. The molecule has 0 rings (SSSR count). The van der Waals surface area contributed by atoms with Crippen LogP contribution >= 0.6 is 19.6 Å². The average Bonchev–Trinajstić information content (AvgIpc) is 2.05. The van der Waals surface area contributed by atoms with Gasteiger partial charge in [0.05, 0.1) is 0 Å². The summed E-state index contributed by atoms with van der Waals surface area (Å²) in [5.74, 6) is 0. The molecule has 0 atom stereocenters. The summed E-state index contributed by atoms with van der Waals surface area (Å²) in [6.45, 7) is 4.57. The Bertz CT molecular complexity index is 70.5. The van der Waals surface area contributed by atoms with Crippen LogP contribution in [0, 0.1) is 0 Å². The van der Waals surface area contributed by atoms with Crippen molar-refractivity contribution in [3.63, 3.8) is 0 Å². The molecule has 0 bridgehead atoms. The minimum atomic E-state index is -1.12. The summed E-state index contributed by atoms with van der Waals surface area (Å²) < 4.78 is 3.12. The summed E-state index contributed by atoms with van der Waals surface area (Å²) in [6, 6.07) is 0. The van der Waals surface area contributed by atoms with Crippen LogP contribution in [0.3, 0.4) is 0 Å². The molecule has 0 aliphatic carbocycles. The fourth-order valence-electron chi connectivity index (χ4n) is 1.11. The minimum absolute atomic E-state index is 1.12. The normalized spacial score (nSPS) is 10.9. The fourth-order valence-corrected chi connectivity index (χ4v) is 15.4. The predicted octanol–water partition coefficient (Wildman–Crippen LogP) is 3.89. The van der Waals surface area contributed by atoms with Gasteiger partial charge in [-0.1, -0.05) is 0 Å². The molecular formula is C8H20S2Sn. The molecule has 0 aromatic heterocycles. The van der Waals surface area contributed by atoms with Crippen LogP contribution in [-0.4, -0.2) is 18.4 Å². The SMILES string of the molecule is CCC[CH2][SnH]([CH2]CCC)[S]S. The van der Waals surface area contributed by atoms with E-state index in [-0.39, 0.29) is 0 Å². The van der Waals surface area contributed by atoms with Gasteiger partial charge in [0.25, 0.3) is 0 Å². The summed E-state index contributed by atoms with van der Waals surface area (Å²) in [5.41, 5.74) is 0. The van der Waals surface area contributed by atoms with Gasteiger partial charge in [-0.3, -0.25) is 0 Å². The number of rotatable bonds is 7. The van der Waals surface area contributed by atoms with Gasteiger partial charge in [0.2, 0.25) is 0 Å². The molecule has 0 spiro atoms. The molecule has 3 heteroatoms. The molecule has 0 aliphatic rings. The van der Waals surface area contributed by atoms with Gasteiger partial charge in [-0.25, -0.2) is 0 Å². The van der Waals surface area contributed by atoms with Gasteiger partial charge >= 0.3 is 86.4 Å². The molecule has 0 fully saturated rings. The van der Waals surface area contributed by atoms with E-state index in [1.807, 2.05) is 7.98 Å². The van der Waals surface area contributed by atoms with Crippen molar-refractivity contribution in [1.29, 1.82) is 0 Å². The van der Waals surface area contributed by atoms with Crippen molar-refractivity contribution in [2.75, 3.05) is 0 Å². The first-order chi connectivity index (χ1) is 5.35. The first-order valence-corrected chi connectivity index (χ1v) is 15.3. The second kappa shape index (κ2) is 9.59. The summed E-state index contributed by atoms with van der Waals surface area (Å²) in [4.78, 5) is 0. The molecule has 0 aromatic rings. The Morgan fingerprint density at radius 1 is 1.09 bits per heavy atom. The molecule has 11 heavy (non-hydrogen) atoms. The topological polar surface area (TPSA) is 0 Å². The van der Waals surface area contributed by atoms with Gasteiger partial charge in [-0.05, 0) is 0 Å². The Hall–Kier alpha value is 1.50. The molecule has 68 valence electrons. The second-order valence-corrected chi connectivity index (χ2v) is 20.6. The van der Waals surface area contributed by atoms with E-state index in [1.54, 1.807) is 8.87 Å². The second-order valence-electron chi connectivity index (χ2n) is 3.01. The zero-order chi connectivity index (χ0) is 8.53. The zero-order valence-corrected chi connectivity index (χ0v) is 12.7. The number of hydrogen-bond acceptors (Lipinski definition) is 2. The third kappa shape index (κ3) is 7.85. The average molecular weight is 299 g/mol. The first kappa shape index (κ1) is 12.5. The Labute approximate surface area is 85.9 Å². The molecule has 0 unspecified atom stereocenters. The van der Waals surface area contributed by atoms with Crippen LogP contribution < -0.4 is 0 Å². The van der Waals surface area contributed by atoms with Gasteiger partial charge in [-0.15, -0.1) is 0 Å². The first-order valence-electron chi connectivity index (χ1n) is 4.65. The molecule has 0 saturated heterocycles. The van der Waals surface area contributed by atoms with Crippen molar-refractivity contribution < 1.29 is 0 Å². The Balaban J connectivity index is 3.25. The fraction of sp³-hybridized carbons (Fsp3) is 1.00. The van der Waals surface area contributed by atoms with Crippen molar-refractivity contribution in [2.45, 2.75) is 48.4 Å². The standard InChI is InChI=1S/2C4H9.H2S2.Sn.H/c2*1-3-4-2;1-2;;/h2*1,3-4H2,2H3;1-2H;;/q;;;+1;/p-1. The molecule has 0 amide bonds. The van der Waals surface area contributed by atoms with E-state index in [4.69, 9.17) is 0 Å². The van der Waals surface area contributed by atoms with Crippen molar-refractivity contribution in [3.8, 4) is 0 Å². The third-order valence-electron chi connectivity index (χ3n) is 1.91. The maximum atomic E-state index is 4.37. The Morgan fingerprint density at radius 2 is 1.55 bits per heavy atom. The maximum absolute atomic E-state index is 4.37. The van der Waals surface area contributed by atoms with E-state index in [1.165, 1.54) is 25.7 Å². The molecule has 0 aromatic carbocycles. The number of hydrogen-bond donors (Lipinski definition) is 1. The van der Waals surface area contributed by atoms with E-state index >= 15 is 0 Å². The van der Waals surface area contributed by atoms with Crippen molar-refractivity contribution in [1.82, 2.24) is 0 Å². The molecule has 0 aliphatic heterocycles. The van der Waals surface area contributed by atoms with Crippen LogP contribution in [-0.2, 0) is 0 Å². The van der Waals surface area contributed by atoms with Gasteiger partial charge in [0.1, 0.15) is 0 Å². The number of thiol groups is 1. The summed E-state index contributed by atoms with van der Waals surface area (Å²) in [6.07, 6.45) is 5.65. The Kier molecular flexibility index (Phi) is 10.9. The van der Waals surface area contributed by atoms with Crippen molar-refractivity contribution in [3.05, 3.63) is 0 Å². The van der Waals surface area contributed by atoms with Crippen LogP contribution in [0.1, 0.15) is 39.5 Å². The third-order valence-corrected chi connectivity index (χ3v) is 19.9. The summed E-state index contributed by atoms with van der Waals surface area (Å²) in [7, 11) is 1.95. The summed E-state index contributed by atoms with van der Waals surface area (Å²) in [5, 5.41) is 0. The van der Waals surface area contributed by atoms with Gasteiger partial charge in [0.15, 0.2) is 0 Å². The van der Waals surface area contributed by atoms with E-state index < -0.39 is 18.4 Å². The van der Waals surface area contributed by atoms with Gasteiger partial charge < -0.3 is 0 Å². The van der Waals surface area contributed by atoms with Crippen LogP contribution in [0.4, 0.5) is 0 Å². The van der Waals surface area contributed by atoms with E-state index in [9.17, 15) is 0 Å². The summed E-state index contributed by atoms with van der Waals surface area (Å²) >= 11 is 3.25. The predicted molar refractivity (Wildman–Crippen MR) is 63.2 cm³/mol. The van der Waals surface area contributed by atoms with E-state index in [0.29, 0.717) is 0 Å². The van der Waals surface area contributed by atoms with Gasteiger partial charge in [-0.2, -0.15) is 0 Å². The van der Waals surface area contributed by atoms with E-state index in [2.05, 4.69) is 25.5 Å². The molecule has 0 heterocycles. The Morgan fingerprint density at radius 3 is 1.82 bits per heavy atom. The van der Waals surface area contributed by atoms with Crippen LogP contribution in [0.25, 0.3) is 0 Å². The quantitative estimate of drug-likeness (QED) is 0.423. The van der Waals surface area contributed by atoms with Crippen LogP contribution in [0.2, 0.25) is 8.87 Å². The van der Waals surface area contributed by atoms with Crippen molar-refractivity contribution in [2.24, 2.45) is 0 Å². The molecule has 0 radical (unpaired) electrons. The number of unbranched alkanes of at least 4 members (excludes halogenated alkanes) is 2. The molecule has 0 saturated carbocycles. The zero-order valence-electron chi connectivity index (χ0n) is 7.68.